The van der Waals surface area contributed by atoms with E-state index in [1.165, 1.54) is 0 Å². The van der Waals surface area contributed by atoms with Crippen LogP contribution in [0.1, 0.15) is 52.4 Å². The Bertz CT molecular complexity index is 589. The Balaban J connectivity index is 1.43. The zero-order valence-electron chi connectivity index (χ0n) is 18.6. The Morgan fingerprint density at radius 2 is 1.00 bits per heavy atom. The summed E-state index contributed by atoms with van der Waals surface area (Å²) >= 11 is 0. The van der Waals surface area contributed by atoms with Gasteiger partial charge in [0, 0.05) is 37.0 Å². The molecule has 30 heavy (non-hydrogen) atoms. The maximum Gasteiger partial charge on any atom is 0.234 e. The van der Waals surface area contributed by atoms with Gasteiger partial charge in [-0.25, -0.2) is 0 Å². The standard InChI is InChI=1S/C21H37N5O4/c1-20(6-7-20)18(29)24-12-4-10-22-16(27)14-26(3)15-17(28)23-11-5-13-25-19(30)21(2)8-9-21/h4-15H2,1-3H3,(H,22,27)(H,23,28)(H,24,29)(H,25,30). The van der Waals surface area contributed by atoms with E-state index < -0.39 is 0 Å². The van der Waals surface area contributed by atoms with Crippen LogP contribution in [0.15, 0.2) is 0 Å². The van der Waals surface area contributed by atoms with E-state index in [-0.39, 0.29) is 47.5 Å². The predicted molar refractivity (Wildman–Crippen MR) is 113 cm³/mol. The lowest BCUT2D eigenvalue weighted by Gasteiger charge is -2.16. The molecule has 9 heteroatoms. The number of nitrogens with zero attached hydrogens (tertiary/aromatic N) is 1. The molecule has 2 saturated carbocycles. The van der Waals surface area contributed by atoms with Crippen molar-refractivity contribution in [2.45, 2.75) is 52.4 Å². The van der Waals surface area contributed by atoms with Gasteiger partial charge in [-0.2, -0.15) is 0 Å². The van der Waals surface area contributed by atoms with Crippen LogP contribution in [0.5, 0.6) is 0 Å². The lowest BCUT2D eigenvalue weighted by molar-refractivity contribution is -0.126. The van der Waals surface area contributed by atoms with Gasteiger partial charge in [0.2, 0.25) is 23.6 Å². The number of nitrogens with one attached hydrogen (secondary N) is 4. The summed E-state index contributed by atoms with van der Waals surface area (Å²) in [6.07, 6.45) is 5.15. The van der Waals surface area contributed by atoms with Crippen molar-refractivity contribution >= 4 is 23.6 Å². The highest BCUT2D eigenvalue weighted by molar-refractivity contribution is 5.85. The first kappa shape index (κ1) is 24.1. The van der Waals surface area contributed by atoms with E-state index in [9.17, 15) is 19.2 Å². The minimum atomic E-state index is -0.171. The molecule has 170 valence electrons. The van der Waals surface area contributed by atoms with Crippen molar-refractivity contribution in [3.8, 4) is 0 Å². The molecular weight excluding hydrogens is 386 g/mol. The van der Waals surface area contributed by atoms with Crippen molar-refractivity contribution in [2.75, 3.05) is 46.3 Å². The van der Waals surface area contributed by atoms with Crippen LogP contribution in [0.25, 0.3) is 0 Å². The summed E-state index contributed by atoms with van der Waals surface area (Å²) in [6, 6.07) is 0. The van der Waals surface area contributed by atoms with Gasteiger partial charge < -0.3 is 21.3 Å². The first-order chi connectivity index (χ1) is 14.1. The van der Waals surface area contributed by atoms with Crippen molar-refractivity contribution in [2.24, 2.45) is 10.8 Å². The molecule has 0 aromatic heterocycles. The Morgan fingerprint density at radius 3 is 1.33 bits per heavy atom. The fourth-order valence-corrected chi connectivity index (χ4v) is 2.95. The van der Waals surface area contributed by atoms with Crippen LogP contribution in [-0.2, 0) is 19.2 Å². The molecule has 2 fully saturated rings. The number of likely N-dealkylation sites (N-methyl/N-ethyl adjacent to an activating group) is 1. The minimum Gasteiger partial charge on any atom is -0.356 e. The van der Waals surface area contributed by atoms with Gasteiger partial charge in [-0.05, 0) is 45.6 Å². The quantitative estimate of drug-likeness (QED) is 0.288. The Labute approximate surface area is 179 Å². The molecule has 0 radical (unpaired) electrons. The number of carbonyl (C=O) groups excluding carboxylic acids is 4. The van der Waals surface area contributed by atoms with E-state index >= 15 is 0 Å². The molecule has 0 spiro atoms. The molecule has 0 bridgehead atoms. The Morgan fingerprint density at radius 1 is 0.667 bits per heavy atom. The maximum absolute atomic E-state index is 11.9. The lowest BCUT2D eigenvalue weighted by atomic mass is 10.1. The first-order valence-corrected chi connectivity index (χ1v) is 10.9. The van der Waals surface area contributed by atoms with Crippen LogP contribution in [0, 0.1) is 10.8 Å². The molecule has 0 heterocycles. The third kappa shape index (κ3) is 8.30. The third-order valence-corrected chi connectivity index (χ3v) is 5.85. The van der Waals surface area contributed by atoms with E-state index in [4.69, 9.17) is 0 Å². The van der Waals surface area contributed by atoms with Crippen LogP contribution in [-0.4, -0.2) is 74.8 Å². The molecule has 0 unspecified atom stereocenters. The van der Waals surface area contributed by atoms with Gasteiger partial charge in [-0.15, -0.1) is 0 Å². The molecule has 0 aromatic carbocycles. The average molecular weight is 424 g/mol. The zero-order chi connectivity index (χ0) is 22.2. The summed E-state index contributed by atoms with van der Waals surface area (Å²) in [4.78, 5) is 49.1. The van der Waals surface area contributed by atoms with Gasteiger partial charge in [0.15, 0.2) is 0 Å². The fraction of sp³-hybridized carbons (Fsp3) is 0.810. The molecule has 0 aromatic rings. The average Bonchev–Trinajstić information content (AvgIpc) is 3.59. The molecular formula is C21H37N5O4. The van der Waals surface area contributed by atoms with Crippen molar-refractivity contribution in [1.82, 2.24) is 26.2 Å². The van der Waals surface area contributed by atoms with Crippen LogP contribution in [0.2, 0.25) is 0 Å². The zero-order valence-corrected chi connectivity index (χ0v) is 18.6. The highest BCUT2D eigenvalue weighted by Crippen LogP contribution is 2.45. The Hall–Kier alpha value is -2.16. The second kappa shape index (κ2) is 10.7. The molecule has 4 amide bonds. The van der Waals surface area contributed by atoms with Crippen LogP contribution >= 0.6 is 0 Å². The number of rotatable bonds is 14. The summed E-state index contributed by atoms with van der Waals surface area (Å²) in [5.74, 6) is -0.109. The summed E-state index contributed by atoms with van der Waals surface area (Å²) < 4.78 is 0. The highest BCUT2D eigenvalue weighted by Gasteiger charge is 2.45. The second-order valence-electron chi connectivity index (χ2n) is 9.21. The number of amides is 4. The molecule has 0 aliphatic heterocycles. The minimum absolute atomic E-state index is 0.0964. The molecule has 0 atom stereocenters. The van der Waals surface area contributed by atoms with E-state index in [0.717, 1.165) is 25.7 Å². The Kier molecular flexibility index (Phi) is 8.64. The third-order valence-electron chi connectivity index (χ3n) is 5.85. The summed E-state index contributed by atoms with van der Waals surface area (Å²) in [5.41, 5.74) is -0.342. The molecule has 0 saturated heterocycles. The van der Waals surface area contributed by atoms with Crippen molar-refractivity contribution in [3.63, 3.8) is 0 Å². The number of carbonyl (C=O) groups is 4. The normalized spacial score (nSPS) is 17.7. The van der Waals surface area contributed by atoms with Gasteiger partial charge in [0.1, 0.15) is 0 Å². The van der Waals surface area contributed by atoms with Crippen LogP contribution in [0.4, 0.5) is 0 Å². The van der Waals surface area contributed by atoms with Gasteiger partial charge in [0.05, 0.1) is 13.1 Å². The van der Waals surface area contributed by atoms with E-state index in [1.807, 2.05) is 13.8 Å². The van der Waals surface area contributed by atoms with Crippen molar-refractivity contribution in [3.05, 3.63) is 0 Å². The van der Waals surface area contributed by atoms with Crippen LogP contribution in [0.3, 0.4) is 0 Å². The van der Waals surface area contributed by atoms with E-state index in [0.29, 0.717) is 39.0 Å². The summed E-state index contributed by atoms with van der Waals surface area (Å²) in [5, 5.41) is 11.4. The van der Waals surface area contributed by atoms with Crippen molar-refractivity contribution in [1.29, 1.82) is 0 Å². The molecule has 2 aliphatic carbocycles. The van der Waals surface area contributed by atoms with Gasteiger partial charge in [0.25, 0.3) is 0 Å². The first-order valence-electron chi connectivity index (χ1n) is 10.9. The van der Waals surface area contributed by atoms with Gasteiger partial charge >= 0.3 is 0 Å². The highest BCUT2D eigenvalue weighted by atomic mass is 16.2. The maximum atomic E-state index is 11.9. The second-order valence-corrected chi connectivity index (χ2v) is 9.21. The molecule has 2 aliphatic rings. The lowest BCUT2D eigenvalue weighted by Crippen LogP contribution is -2.42. The van der Waals surface area contributed by atoms with E-state index in [1.54, 1.807) is 11.9 Å². The van der Waals surface area contributed by atoms with E-state index in [2.05, 4.69) is 21.3 Å². The van der Waals surface area contributed by atoms with Gasteiger partial charge in [-0.1, -0.05) is 13.8 Å². The smallest absolute Gasteiger partial charge is 0.234 e. The topological polar surface area (TPSA) is 120 Å². The SMILES string of the molecule is CN(CC(=O)NCCCNC(=O)C1(C)CC1)CC(=O)NCCCNC(=O)C1(C)CC1. The fourth-order valence-electron chi connectivity index (χ4n) is 2.95. The molecule has 4 N–H and O–H groups in total. The summed E-state index contributed by atoms with van der Waals surface area (Å²) in [7, 11) is 1.71. The monoisotopic (exact) mass is 423 g/mol. The number of hydrogen-bond acceptors (Lipinski definition) is 5. The molecule has 2 rings (SSSR count). The van der Waals surface area contributed by atoms with Crippen LogP contribution < -0.4 is 21.3 Å². The summed E-state index contributed by atoms with van der Waals surface area (Å²) in [6.45, 7) is 6.26. The predicted octanol–water partition coefficient (Wildman–Crippen LogP) is -0.237. The molecule has 9 nitrogen and oxygen atoms in total. The number of hydrogen-bond donors (Lipinski definition) is 4. The van der Waals surface area contributed by atoms with Crippen molar-refractivity contribution < 1.29 is 19.2 Å². The van der Waals surface area contributed by atoms with Gasteiger partial charge in [-0.3, -0.25) is 24.1 Å². The largest absolute Gasteiger partial charge is 0.356 e.